The van der Waals surface area contributed by atoms with Gasteiger partial charge in [-0.1, -0.05) is 0 Å². The zero-order valence-corrected chi connectivity index (χ0v) is 13.3. The van der Waals surface area contributed by atoms with Crippen LogP contribution < -0.4 is 0 Å². The molecule has 0 unspecified atom stereocenters. The molecule has 13 heavy (non-hydrogen) atoms. The van der Waals surface area contributed by atoms with Crippen molar-refractivity contribution in [1.82, 2.24) is 0 Å². The van der Waals surface area contributed by atoms with E-state index in [0.29, 0.717) is 2.79 Å². The quantitative estimate of drug-likeness (QED) is 0.696. The molecule has 0 aromatic carbocycles. The minimum absolute atomic E-state index is 0.566. The van der Waals surface area contributed by atoms with Crippen LogP contribution in [0.2, 0.25) is 20.9 Å². The second-order valence-electron chi connectivity index (χ2n) is 3.99. The molecule has 2 radical (unpaired) electrons. The first-order valence-corrected chi connectivity index (χ1v) is 9.57. The van der Waals surface area contributed by atoms with Crippen LogP contribution in [-0.4, -0.2) is 32.4 Å². The number of allylic oxidation sites excluding steroid dienone is 4. The van der Waals surface area contributed by atoms with Gasteiger partial charge in [-0.2, -0.15) is 0 Å². The van der Waals surface area contributed by atoms with Gasteiger partial charge in [-0.15, -0.1) is 0 Å². The summed E-state index contributed by atoms with van der Waals surface area (Å²) in [7, 11) is -1.02. The first-order chi connectivity index (χ1) is 6.14. The Labute approximate surface area is 98.1 Å². The van der Waals surface area contributed by atoms with Crippen LogP contribution in [-0.2, 0) is 0 Å². The van der Waals surface area contributed by atoms with Gasteiger partial charge in [0.15, 0.2) is 0 Å². The summed E-state index contributed by atoms with van der Waals surface area (Å²) in [5, 5.41) is 0. The molecule has 0 saturated carbocycles. The van der Waals surface area contributed by atoms with E-state index in [1.54, 1.807) is 0 Å². The molecule has 2 heteroatoms. The number of rotatable bonds is 4. The molecule has 0 fully saturated rings. The van der Waals surface area contributed by atoms with Gasteiger partial charge in [0, 0.05) is 0 Å². The van der Waals surface area contributed by atoms with Crippen LogP contribution in [0.15, 0.2) is 24.3 Å². The maximum absolute atomic E-state index is 2.48. The normalized spacial score (nSPS) is 19.6. The third kappa shape index (κ3) is 1.85. The van der Waals surface area contributed by atoms with E-state index >= 15 is 0 Å². The standard InChI is InChI=1S/C11H19Si.In/c1-4-12(5-2,6-3)11-9-7-8-10-11;/h7-10H,4-6H2,1-3H3;. The summed E-state index contributed by atoms with van der Waals surface area (Å²) in [6, 6.07) is 4.32. The summed E-state index contributed by atoms with van der Waals surface area (Å²) in [4.78, 5) is 0. The summed E-state index contributed by atoms with van der Waals surface area (Å²) in [5.41, 5.74) is 0. The van der Waals surface area contributed by atoms with Gasteiger partial charge < -0.3 is 0 Å². The fraction of sp³-hybridized carbons (Fsp3) is 0.636. The second-order valence-corrected chi connectivity index (χ2v) is 13.9. The van der Waals surface area contributed by atoms with Crippen molar-refractivity contribution < 1.29 is 0 Å². The Balaban J connectivity index is 2.99. The van der Waals surface area contributed by atoms with Crippen LogP contribution in [0.3, 0.4) is 0 Å². The van der Waals surface area contributed by atoms with Crippen molar-refractivity contribution in [3.63, 3.8) is 0 Å². The first-order valence-electron chi connectivity index (χ1n) is 5.30. The van der Waals surface area contributed by atoms with E-state index in [1.165, 1.54) is 42.5 Å². The molecule has 0 bridgehead atoms. The molecule has 1 rings (SSSR count). The molecule has 0 aliphatic heterocycles. The molecule has 0 saturated heterocycles. The Morgan fingerprint density at radius 2 is 1.38 bits per heavy atom. The minimum atomic E-state index is -1.02. The van der Waals surface area contributed by atoms with E-state index in [4.69, 9.17) is 0 Å². The zero-order valence-electron chi connectivity index (χ0n) is 9.01. The van der Waals surface area contributed by atoms with Gasteiger partial charge in [0.2, 0.25) is 0 Å². The molecule has 0 N–H and O–H groups in total. The van der Waals surface area contributed by atoms with Crippen LogP contribution in [0.25, 0.3) is 0 Å². The van der Waals surface area contributed by atoms with Crippen LogP contribution in [0.4, 0.5) is 0 Å². The van der Waals surface area contributed by atoms with Crippen LogP contribution in [0.5, 0.6) is 0 Å². The first kappa shape index (κ1) is 11.6. The molecule has 0 nitrogen and oxygen atoms in total. The summed E-state index contributed by atoms with van der Waals surface area (Å²) in [5.74, 6) is 0. The molecule has 0 spiro atoms. The third-order valence-electron chi connectivity index (χ3n) is 3.80. The number of hydrogen-bond donors (Lipinski definition) is 0. The predicted octanol–water partition coefficient (Wildman–Crippen LogP) is 3.49. The van der Waals surface area contributed by atoms with Crippen LogP contribution >= 0.6 is 0 Å². The molecule has 1 aliphatic carbocycles. The van der Waals surface area contributed by atoms with Gasteiger partial charge in [-0.05, 0) is 0 Å². The zero-order chi connectivity index (χ0) is 9.95. The third-order valence-corrected chi connectivity index (χ3v) is 16.4. The molecule has 0 aromatic heterocycles. The van der Waals surface area contributed by atoms with Crippen LogP contribution in [0, 0.1) is 0 Å². The van der Waals surface area contributed by atoms with Crippen LogP contribution in [0.1, 0.15) is 20.8 Å². The van der Waals surface area contributed by atoms with Crippen molar-refractivity contribution in [2.75, 3.05) is 0 Å². The second kappa shape index (κ2) is 4.39. The average Bonchev–Trinajstić information content (AvgIpc) is 2.57. The maximum atomic E-state index is 2.48. The summed E-state index contributed by atoms with van der Waals surface area (Å²) < 4.78 is 0.566. The van der Waals surface area contributed by atoms with E-state index in [0.717, 1.165) is 0 Å². The average molecular weight is 294 g/mol. The van der Waals surface area contributed by atoms with Crippen molar-refractivity contribution in [2.45, 2.75) is 41.7 Å². The van der Waals surface area contributed by atoms with E-state index in [2.05, 4.69) is 45.1 Å². The summed E-state index contributed by atoms with van der Waals surface area (Å²) >= 11 is 1.38. The van der Waals surface area contributed by atoms with Crippen molar-refractivity contribution in [3.05, 3.63) is 24.3 Å². The van der Waals surface area contributed by atoms with Gasteiger partial charge in [0.1, 0.15) is 0 Å². The van der Waals surface area contributed by atoms with Gasteiger partial charge in [0.25, 0.3) is 0 Å². The molecule has 0 atom stereocenters. The monoisotopic (exact) mass is 294 g/mol. The fourth-order valence-electron chi connectivity index (χ4n) is 2.51. The van der Waals surface area contributed by atoms with Crippen molar-refractivity contribution in [2.24, 2.45) is 0 Å². The van der Waals surface area contributed by atoms with E-state index in [1.807, 2.05) is 0 Å². The van der Waals surface area contributed by atoms with Gasteiger partial charge in [0.05, 0.1) is 0 Å². The summed E-state index contributed by atoms with van der Waals surface area (Å²) in [6.07, 6.45) is 9.48. The van der Waals surface area contributed by atoms with Gasteiger partial charge in [-0.25, -0.2) is 0 Å². The summed E-state index contributed by atoms with van der Waals surface area (Å²) in [6.45, 7) is 7.20. The Morgan fingerprint density at radius 1 is 1.00 bits per heavy atom. The predicted molar refractivity (Wildman–Crippen MR) is 63.9 cm³/mol. The number of hydrogen-bond acceptors (Lipinski definition) is 0. The molecule has 0 amide bonds. The molecule has 1 aliphatic rings. The molecule has 0 aromatic rings. The van der Waals surface area contributed by atoms with E-state index in [-0.39, 0.29) is 0 Å². The Morgan fingerprint density at radius 3 is 1.69 bits per heavy atom. The van der Waals surface area contributed by atoms with Crippen molar-refractivity contribution in [1.29, 1.82) is 0 Å². The molecular formula is C11H19InSi. The topological polar surface area (TPSA) is 0 Å². The van der Waals surface area contributed by atoms with Gasteiger partial charge in [-0.3, -0.25) is 0 Å². The molecule has 70 valence electrons. The Hall–Kier alpha value is 0.567. The van der Waals surface area contributed by atoms with E-state index in [9.17, 15) is 0 Å². The van der Waals surface area contributed by atoms with Crippen molar-refractivity contribution in [3.8, 4) is 0 Å². The Kier molecular flexibility index (Phi) is 3.93. The molecule has 0 heterocycles. The van der Waals surface area contributed by atoms with Crippen molar-refractivity contribution >= 4 is 32.4 Å². The SMILES string of the molecule is CC[Si](CC)(CC)[C]1([In])C=CC=C1. The Bertz CT molecular complexity index is 206. The van der Waals surface area contributed by atoms with E-state index < -0.39 is 8.07 Å². The molecular weight excluding hydrogens is 275 g/mol. The fourth-order valence-corrected chi connectivity index (χ4v) is 12.6. The van der Waals surface area contributed by atoms with Gasteiger partial charge >= 0.3 is 98.5 Å².